The van der Waals surface area contributed by atoms with Crippen LogP contribution in [-0.4, -0.2) is 37.2 Å². The van der Waals surface area contributed by atoms with Crippen molar-refractivity contribution in [2.45, 2.75) is 32.0 Å². The van der Waals surface area contributed by atoms with Crippen LogP contribution in [0.1, 0.15) is 35.0 Å². The van der Waals surface area contributed by atoms with Crippen molar-refractivity contribution >= 4 is 5.91 Å². The Labute approximate surface area is 158 Å². The summed E-state index contributed by atoms with van der Waals surface area (Å²) in [6, 6.07) is 15.3. The van der Waals surface area contributed by atoms with Gasteiger partial charge in [0.25, 0.3) is 0 Å². The highest BCUT2D eigenvalue weighted by Crippen LogP contribution is 2.23. The van der Waals surface area contributed by atoms with E-state index in [1.54, 1.807) is 12.4 Å². The predicted molar refractivity (Wildman–Crippen MR) is 101 cm³/mol. The highest BCUT2D eigenvalue weighted by atomic mass is 16.3. The molecule has 3 heterocycles. The zero-order chi connectivity index (χ0) is 18.6. The first-order valence-corrected chi connectivity index (χ1v) is 9.17. The van der Waals surface area contributed by atoms with Crippen LogP contribution in [0.25, 0.3) is 0 Å². The summed E-state index contributed by atoms with van der Waals surface area (Å²) in [7, 11) is 0. The summed E-state index contributed by atoms with van der Waals surface area (Å²) in [6.45, 7) is 1.82. The van der Waals surface area contributed by atoms with Gasteiger partial charge >= 0.3 is 0 Å². The maximum atomic E-state index is 12.6. The van der Waals surface area contributed by atoms with Crippen molar-refractivity contribution in [1.82, 2.24) is 19.7 Å². The van der Waals surface area contributed by atoms with Crippen LogP contribution in [0.2, 0.25) is 0 Å². The average molecular weight is 362 g/mol. The maximum Gasteiger partial charge on any atom is 0.223 e. The molecule has 0 radical (unpaired) electrons. The lowest BCUT2D eigenvalue weighted by Crippen LogP contribution is -2.38. The zero-order valence-electron chi connectivity index (χ0n) is 15.0. The van der Waals surface area contributed by atoms with E-state index in [-0.39, 0.29) is 5.91 Å². The second kappa shape index (κ2) is 7.72. The molecule has 6 nitrogen and oxygen atoms in total. The molecule has 138 valence electrons. The highest BCUT2D eigenvalue weighted by molar-refractivity contribution is 5.76. The number of aliphatic hydroxyl groups excluding tert-OH is 1. The van der Waals surface area contributed by atoms with Crippen LogP contribution in [-0.2, 0) is 24.3 Å². The summed E-state index contributed by atoms with van der Waals surface area (Å²) in [5, 5.41) is 15.1. The van der Waals surface area contributed by atoms with Crippen LogP contribution < -0.4 is 0 Å². The first-order chi connectivity index (χ1) is 13.2. The largest absolute Gasteiger partial charge is 0.382 e. The minimum absolute atomic E-state index is 0.136. The van der Waals surface area contributed by atoms with Crippen LogP contribution >= 0.6 is 0 Å². The number of aromatic nitrogens is 3. The van der Waals surface area contributed by atoms with Gasteiger partial charge in [-0.25, -0.2) is 0 Å². The standard InChI is InChI=1S/C21H22N4O2/c26-20(9-8-16-5-4-10-22-14-16)24-11-12-25-18(15-24)13-19(23-25)21(27)17-6-2-1-3-7-17/h1-7,10,13-14,21,27H,8-9,11-12,15H2/t21-/m1/s1. The molecule has 0 unspecified atom stereocenters. The van der Waals surface area contributed by atoms with E-state index in [4.69, 9.17) is 0 Å². The average Bonchev–Trinajstić information content (AvgIpc) is 3.16. The molecule has 1 aliphatic heterocycles. The fourth-order valence-corrected chi connectivity index (χ4v) is 3.40. The number of amides is 1. The number of pyridine rings is 1. The molecule has 1 amide bonds. The number of carbonyl (C=O) groups is 1. The predicted octanol–water partition coefficient (Wildman–Crippen LogP) is 2.33. The lowest BCUT2D eigenvalue weighted by Gasteiger charge is -2.27. The van der Waals surface area contributed by atoms with Gasteiger partial charge in [0.05, 0.1) is 24.5 Å². The lowest BCUT2D eigenvalue weighted by molar-refractivity contribution is -0.132. The zero-order valence-corrected chi connectivity index (χ0v) is 15.0. The van der Waals surface area contributed by atoms with Gasteiger partial charge < -0.3 is 10.0 Å². The number of rotatable bonds is 5. The quantitative estimate of drug-likeness (QED) is 0.756. The van der Waals surface area contributed by atoms with Gasteiger partial charge in [0, 0.05) is 25.4 Å². The van der Waals surface area contributed by atoms with Gasteiger partial charge in [-0.2, -0.15) is 5.10 Å². The first-order valence-electron chi connectivity index (χ1n) is 9.17. The number of hydrogen-bond donors (Lipinski definition) is 1. The van der Waals surface area contributed by atoms with Gasteiger partial charge in [-0.1, -0.05) is 36.4 Å². The Kier molecular flexibility index (Phi) is 4.98. The van der Waals surface area contributed by atoms with Gasteiger partial charge in [-0.05, 0) is 29.7 Å². The van der Waals surface area contributed by atoms with Gasteiger partial charge in [0.1, 0.15) is 6.10 Å². The third-order valence-electron chi connectivity index (χ3n) is 4.92. The Morgan fingerprint density at radius 1 is 1.15 bits per heavy atom. The second-order valence-electron chi connectivity index (χ2n) is 6.77. The minimum Gasteiger partial charge on any atom is -0.382 e. The van der Waals surface area contributed by atoms with Crippen molar-refractivity contribution in [2.75, 3.05) is 6.54 Å². The van der Waals surface area contributed by atoms with Crippen LogP contribution in [0.5, 0.6) is 0 Å². The summed E-state index contributed by atoms with van der Waals surface area (Å²) in [4.78, 5) is 18.5. The third-order valence-corrected chi connectivity index (χ3v) is 4.92. The summed E-state index contributed by atoms with van der Waals surface area (Å²) < 4.78 is 1.90. The fourth-order valence-electron chi connectivity index (χ4n) is 3.40. The van der Waals surface area contributed by atoms with E-state index in [1.165, 1.54) is 0 Å². The van der Waals surface area contributed by atoms with Crippen LogP contribution in [0.4, 0.5) is 0 Å². The Balaban J connectivity index is 1.41. The molecule has 1 atom stereocenters. The molecule has 0 saturated carbocycles. The lowest BCUT2D eigenvalue weighted by atomic mass is 10.1. The normalized spacial score (nSPS) is 14.6. The van der Waals surface area contributed by atoms with Crippen molar-refractivity contribution in [3.8, 4) is 0 Å². The molecular formula is C21H22N4O2. The van der Waals surface area contributed by atoms with Crippen LogP contribution in [0.15, 0.2) is 60.9 Å². The summed E-state index contributed by atoms with van der Waals surface area (Å²) >= 11 is 0. The summed E-state index contributed by atoms with van der Waals surface area (Å²) in [6.07, 6.45) is 3.95. The number of fused-ring (bicyclic) bond motifs is 1. The highest BCUT2D eigenvalue weighted by Gasteiger charge is 2.24. The Bertz CT molecular complexity index is 908. The van der Waals surface area contributed by atoms with Gasteiger partial charge in [0.15, 0.2) is 0 Å². The molecule has 1 aromatic carbocycles. The number of aryl methyl sites for hydroxylation is 1. The Morgan fingerprint density at radius 3 is 2.78 bits per heavy atom. The number of hydrogen-bond acceptors (Lipinski definition) is 4. The fraction of sp³-hybridized carbons (Fsp3) is 0.286. The molecule has 1 N–H and O–H groups in total. The second-order valence-corrected chi connectivity index (χ2v) is 6.77. The topological polar surface area (TPSA) is 71.2 Å². The monoisotopic (exact) mass is 362 g/mol. The van der Waals surface area contributed by atoms with E-state index in [9.17, 15) is 9.90 Å². The van der Waals surface area contributed by atoms with E-state index in [0.29, 0.717) is 38.2 Å². The van der Waals surface area contributed by atoms with Crippen molar-refractivity contribution in [2.24, 2.45) is 0 Å². The summed E-state index contributed by atoms with van der Waals surface area (Å²) in [5.74, 6) is 0.136. The van der Waals surface area contributed by atoms with E-state index < -0.39 is 6.10 Å². The van der Waals surface area contributed by atoms with Crippen LogP contribution in [0, 0.1) is 0 Å². The molecule has 4 rings (SSSR count). The molecule has 3 aromatic rings. The van der Waals surface area contributed by atoms with Gasteiger partial charge in [-0.15, -0.1) is 0 Å². The molecule has 27 heavy (non-hydrogen) atoms. The molecule has 1 aliphatic rings. The maximum absolute atomic E-state index is 12.6. The molecule has 0 saturated heterocycles. The number of carbonyl (C=O) groups excluding carboxylic acids is 1. The molecule has 0 spiro atoms. The van der Waals surface area contributed by atoms with Crippen molar-refractivity contribution in [3.63, 3.8) is 0 Å². The van der Waals surface area contributed by atoms with E-state index >= 15 is 0 Å². The number of nitrogens with zero attached hydrogens (tertiary/aromatic N) is 4. The smallest absolute Gasteiger partial charge is 0.223 e. The van der Waals surface area contributed by atoms with Crippen LogP contribution in [0.3, 0.4) is 0 Å². The van der Waals surface area contributed by atoms with Crippen molar-refractivity contribution in [1.29, 1.82) is 0 Å². The first kappa shape index (κ1) is 17.4. The Morgan fingerprint density at radius 2 is 2.00 bits per heavy atom. The van der Waals surface area contributed by atoms with E-state index in [0.717, 1.165) is 16.8 Å². The molecule has 2 aromatic heterocycles. The molecule has 0 aliphatic carbocycles. The molecular weight excluding hydrogens is 340 g/mol. The van der Waals surface area contributed by atoms with E-state index in [2.05, 4.69) is 10.1 Å². The number of aliphatic hydroxyl groups is 1. The van der Waals surface area contributed by atoms with Gasteiger partial charge in [-0.3, -0.25) is 14.5 Å². The number of benzene rings is 1. The van der Waals surface area contributed by atoms with Crippen molar-refractivity contribution in [3.05, 3.63) is 83.4 Å². The molecule has 0 bridgehead atoms. The van der Waals surface area contributed by atoms with Crippen molar-refractivity contribution < 1.29 is 9.90 Å². The van der Waals surface area contributed by atoms with E-state index in [1.807, 2.05) is 58.1 Å². The Hall–Kier alpha value is -2.99. The minimum atomic E-state index is -0.751. The van der Waals surface area contributed by atoms with Gasteiger partial charge in [0.2, 0.25) is 5.91 Å². The summed E-state index contributed by atoms with van der Waals surface area (Å²) in [5.41, 5.74) is 3.47. The molecule has 6 heteroatoms. The molecule has 0 fully saturated rings. The SMILES string of the molecule is O=C(CCc1cccnc1)N1CCn2nc([C@H](O)c3ccccc3)cc2C1. The third kappa shape index (κ3) is 3.90.